The Morgan fingerprint density at radius 2 is 2.20 bits per heavy atom. The summed E-state index contributed by atoms with van der Waals surface area (Å²) in [6.07, 6.45) is 0.749. The first-order chi connectivity index (χ1) is 7.20. The van der Waals surface area contributed by atoms with E-state index in [0.717, 1.165) is 11.8 Å². The number of aromatic hydroxyl groups is 1. The number of phenolic OH excluding ortho intramolecular Hbond substituents is 1. The minimum Gasteiger partial charge on any atom is -0.508 e. The van der Waals surface area contributed by atoms with Gasteiger partial charge in [0.05, 0.1) is 5.69 Å². The summed E-state index contributed by atoms with van der Waals surface area (Å²) >= 11 is 0. The Balaban J connectivity index is 2.49. The standard InChI is InChI=1S/C11H10N2O2/c1-13-9(7-14)6-11(12-13)8-3-2-4-10(15)5-8/h2-7,15H,1H3. The van der Waals surface area contributed by atoms with Crippen LogP contribution in [0.3, 0.4) is 0 Å². The van der Waals surface area contributed by atoms with Crippen molar-refractivity contribution in [1.29, 1.82) is 0 Å². The zero-order valence-electron chi connectivity index (χ0n) is 8.21. The first-order valence-corrected chi connectivity index (χ1v) is 4.49. The van der Waals surface area contributed by atoms with Crippen molar-refractivity contribution in [2.24, 2.45) is 7.05 Å². The molecular weight excluding hydrogens is 192 g/mol. The number of carbonyl (C=O) groups excluding carboxylic acids is 1. The fourth-order valence-corrected chi connectivity index (χ4v) is 1.40. The summed E-state index contributed by atoms with van der Waals surface area (Å²) in [5.41, 5.74) is 1.97. The molecular formula is C11H10N2O2. The molecule has 1 N–H and O–H groups in total. The first-order valence-electron chi connectivity index (χ1n) is 4.49. The summed E-state index contributed by atoms with van der Waals surface area (Å²) in [5, 5.41) is 13.5. The molecule has 0 saturated heterocycles. The van der Waals surface area contributed by atoms with Crippen molar-refractivity contribution in [2.75, 3.05) is 0 Å². The van der Waals surface area contributed by atoms with Gasteiger partial charge in [-0.1, -0.05) is 12.1 Å². The molecule has 0 radical (unpaired) electrons. The van der Waals surface area contributed by atoms with Gasteiger partial charge in [-0.3, -0.25) is 9.48 Å². The smallest absolute Gasteiger partial charge is 0.168 e. The molecule has 1 heterocycles. The maximum Gasteiger partial charge on any atom is 0.168 e. The maximum atomic E-state index is 10.6. The fourth-order valence-electron chi connectivity index (χ4n) is 1.40. The highest BCUT2D eigenvalue weighted by molar-refractivity contribution is 5.76. The van der Waals surface area contributed by atoms with Crippen molar-refractivity contribution in [3.63, 3.8) is 0 Å². The number of phenols is 1. The highest BCUT2D eigenvalue weighted by Crippen LogP contribution is 2.22. The second kappa shape index (κ2) is 3.57. The molecule has 0 spiro atoms. The van der Waals surface area contributed by atoms with E-state index in [2.05, 4.69) is 5.10 Å². The molecule has 0 fully saturated rings. The van der Waals surface area contributed by atoms with Crippen molar-refractivity contribution in [2.45, 2.75) is 0 Å². The van der Waals surface area contributed by atoms with Crippen LogP contribution in [-0.2, 0) is 7.05 Å². The molecule has 0 amide bonds. The van der Waals surface area contributed by atoms with Crippen LogP contribution in [-0.4, -0.2) is 21.2 Å². The van der Waals surface area contributed by atoms with E-state index in [1.165, 1.54) is 4.68 Å². The molecule has 4 nitrogen and oxygen atoms in total. The molecule has 15 heavy (non-hydrogen) atoms. The Hall–Kier alpha value is -2.10. The zero-order valence-corrected chi connectivity index (χ0v) is 8.21. The molecule has 0 unspecified atom stereocenters. The molecule has 2 aromatic rings. The van der Waals surface area contributed by atoms with Crippen LogP contribution in [0.15, 0.2) is 30.3 Å². The quantitative estimate of drug-likeness (QED) is 0.752. The summed E-state index contributed by atoms with van der Waals surface area (Å²) in [7, 11) is 1.70. The van der Waals surface area contributed by atoms with Crippen LogP contribution in [0.1, 0.15) is 10.5 Å². The lowest BCUT2D eigenvalue weighted by Crippen LogP contribution is -1.95. The Bertz CT molecular complexity index is 503. The fraction of sp³-hybridized carbons (Fsp3) is 0.0909. The third-order valence-corrected chi connectivity index (χ3v) is 2.18. The number of rotatable bonds is 2. The van der Waals surface area contributed by atoms with Gasteiger partial charge in [0.2, 0.25) is 0 Å². The van der Waals surface area contributed by atoms with E-state index in [1.54, 1.807) is 31.3 Å². The summed E-state index contributed by atoms with van der Waals surface area (Å²) in [6, 6.07) is 8.45. The van der Waals surface area contributed by atoms with Gasteiger partial charge < -0.3 is 5.11 Å². The van der Waals surface area contributed by atoms with Gasteiger partial charge in [0.25, 0.3) is 0 Å². The third-order valence-electron chi connectivity index (χ3n) is 2.18. The monoisotopic (exact) mass is 202 g/mol. The van der Waals surface area contributed by atoms with Gasteiger partial charge in [-0.05, 0) is 18.2 Å². The normalized spacial score (nSPS) is 10.2. The summed E-state index contributed by atoms with van der Waals surface area (Å²) in [5.74, 6) is 0.186. The summed E-state index contributed by atoms with van der Waals surface area (Å²) < 4.78 is 1.51. The predicted octanol–water partition coefficient (Wildman–Crippen LogP) is 1.61. The van der Waals surface area contributed by atoms with Crippen molar-refractivity contribution < 1.29 is 9.90 Å². The molecule has 0 aliphatic carbocycles. The highest BCUT2D eigenvalue weighted by atomic mass is 16.3. The minimum absolute atomic E-state index is 0.186. The summed E-state index contributed by atoms with van der Waals surface area (Å²) in [6.45, 7) is 0. The molecule has 0 atom stereocenters. The highest BCUT2D eigenvalue weighted by Gasteiger charge is 2.06. The van der Waals surface area contributed by atoms with E-state index < -0.39 is 0 Å². The number of hydrogen-bond donors (Lipinski definition) is 1. The van der Waals surface area contributed by atoms with Crippen LogP contribution in [0.25, 0.3) is 11.3 Å². The molecule has 0 saturated carbocycles. The van der Waals surface area contributed by atoms with Crippen molar-refractivity contribution >= 4 is 6.29 Å². The van der Waals surface area contributed by atoms with Crippen LogP contribution in [0, 0.1) is 0 Å². The van der Waals surface area contributed by atoms with Gasteiger partial charge in [-0.25, -0.2) is 0 Å². The third kappa shape index (κ3) is 1.74. The summed E-state index contributed by atoms with van der Waals surface area (Å²) in [4.78, 5) is 10.6. The number of benzene rings is 1. The Morgan fingerprint density at radius 1 is 1.40 bits per heavy atom. The predicted molar refractivity (Wildman–Crippen MR) is 55.7 cm³/mol. The second-order valence-electron chi connectivity index (χ2n) is 3.25. The van der Waals surface area contributed by atoms with Gasteiger partial charge in [-0.15, -0.1) is 0 Å². The Morgan fingerprint density at radius 3 is 2.80 bits per heavy atom. The number of nitrogens with zero attached hydrogens (tertiary/aromatic N) is 2. The van der Waals surface area contributed by atoms with Gasteiger partial charge >= 0.3 is 0 Å². The number of aldehydes is 1. The van der Waals surface area contributed by atoms with Crippen molar-refractivity contribution in [3.05, 3.63) is 36.0 Å². The van der Waals surface area contributed by atoms with Crippen LogP contribution in [0.5, 0.6) is 5.75 Å². The molecule has 4 heteroatoms. The van der Waals surface area contributed by atoms with E-state index in [0.29, 0.717) is 11.4 Å². The van der Waals surface area contributed by atoms with Gasteiger partial charge in [0.15, 0.2) is 6.29 Å². The lowest BCUT2D eigenvalue weighted by Gasteiger charge is -1.96. The van der Waals surface area contributed by atoms with E-state index in [9.17, 15) is 9.90 Å². The average Bonchev–Trinajstić information content (AvgIpc) is 2.60. The maximum absolute atomic E-state index is 10.6. The van der Waals surface area contributed by atoms with Gasteiger partial charge in [0, 0.05) is 12.6 Å². The van der Waals surface area contributed by atoms with Crippen molar-refractivity contribution in [3.8, 4) is 17.0 Å². The molecule has 1 aromatic carbocycles. The van der Waals surface area contributed by atoms with E-state index in [1.807, 2.05) is 6.07 Å². The van der Waals surface area contributed by atoms with Crippen LogP contribution >= 0.6 is 0 Å². The topological polar surface area (TPSA) is 55.1 Å². The minimum atomic E-state index is 0.186. The Labute approximate surface area is 86.8 Å². The SMILES string of the molecule is Cn1nc(-c2cccc(O)c2)cc1C=O. The Kier molecular flexibility index (Phi) is 2.25. The van der Waals surface area contributed by atoms with Gasteiger partial charge in [0.1, 0.15) is 11.4 Å². The molecule has 2 rings (SSSR count). The van der Waals surface area contributed by atoms with Crippen LogP contribution < -0.4 is 0 Å². The number of aryl methyl sites for hydroxylation is 1. The number of aromatic nitrogens is 2. The van der Waals surface area contributed by atoms with Gasteiger partial charge in [-0.2, -0.15) is 5.10 Å². The van der Waals surface area contributed by atoms with Crippen LogP contribution in [0.2, 0.25) is 0 Å². The first kappa shape index (κ1) is 9.45. The number of hydrogen-bond acceptors (Lipinski definition) is 3. The largest absolute Gasteiger partial charge is 0.508 e. The lowest BCUT2D eigenvalue weighted by molar-refractivity contribution is 0.111. The second-order valence-corrected chi connectivity index (χ2v) is 3.25. The van der Waals surface area contributed by atoms with Crippen molar-refractivity contribution in [1.82, 2.24) is 9.78 Å². The van der Waals surface area contributed by atoms with E-state index in [4.69, 9.17) is 0 Å². The number of carbonyl (C=O) groups is 1. The average molecular weight is 202 g/mol. The molecule has 0 bridgehead atoms. The lowest BCUT2D eigenvalue weighted by atomic mass is 10.1. The molecule has 1 aromatic heterocycles. The molecule has 76 valence electrons. The van der Waals surface area contributed by atoms with E-state index in [-0.39, 0.29) is 5.75 Å². The van der Waals surface area contributed by atoms with E-state index >= 15 is 0 Å². The molecule has 0 aliphatic heterocycles. The molecule has 0 aliphatic rings. The van der Waals surface area contributed by atoms with Crippen LogP contribution in [0.4, 0.5) is 0 Å². The zero-order chi connectivity index (χ0) is 10.8.